The number of halogens is 2. The molecule has 0 saturated heterocycles. The van der Waals surface area contributed by atoms with Crippen molar-refractivity contribution in [3.05, 3.63) is 189 Å². The Morgan fingerprint density at radius 1 is 0.467 bits per heavy atom. The lowest BCUT2D eigenvalue weighted by atomic mass is 9.67. The number of rotatable bonds is 6. The maximum atomic E-state index is 12.9. The van der Waals surface area contributed by atoms with E-state index in [-0.39, 0.29) is 11.8 Å². The molecule has 6 aromatic rings. The molecule has 0 unspecified atom stereocenters. The predicted octanol–water partition coefficient (Wildman–Crippen LogP) is 9.86. The molecule has 2 N–H and O–H groups in total. The van der Waals surface area contributed by atoms with E-state index in [0.29, 0.717) is 32.5 Å². The molecule has 45 heavy (non-hydrogen) atoms. The van der Waals surface area contributed by atoms with Gasteiger partial charge in [-0.25, -0.2) is 0 Å². The first-order valence-corrected chi connectivity index (χ1v) is 15.2. The third kappa shape index (κ3) is 4.98. The summed E-state index contributed by atoms with van der Waals surface area (Å²) in [5, 5.41) is 6.73. The van der Waals surface area contributed by atoms with Crippen molar-refractivity contribution in [1.82, 2.24) is 0 Å². The van der Waals surface area contributed by atoms with Crippen LogP contribution >= 0.6 is 23.2 Å². The highest BCUT2D eigenvalue weighted by Gasteiger charge is 2.46. The molecule has 0 spiro atoms. The lowest BCUT2D eigenvalue weighted by Gasteiger charge is -2.34. The Bertz CT molecular complexity index is 1930. The zero-order valence-electron chi connectivity index (χ0n) is 23.9. The van der Waals surface area contributed by atoms with Gasteiger partial charge in [0.25, 0.3) is 11.8 Å². The topological polar surface area (TPSA) is 58.2 Å². The molecule has 1 aliphatic rings. The van der Waals surface area contributed by atoms with E-state index < -0.39 is 5.41 Å². The van der Waals surface area contributed by atoms with E-state index in [2.05, 4.69) is 34.9 Å². The van der Waals surface area contributed by atoms with Gasteiger partial charge in [0.2, 0.25) is 0 Å². The summed E-state index contributed by atoms with van der Waals surface area (Å²) in [6.45, 7) is 0. The van der Waals surface area contributed by atoms with E-state index in [1.807, 2.05) is 97.1 Å². The van der Waals surface area contributed by atoms with Crippen LogP contribution in [0.15, 0.2) is 146 Å². The smallest absolute Gasteiger partial charge is 0.255 e. The Labute approximate surface area is 271 Å². The van der Waals surface area contributed by atoms with Gasteiger partial charge in [-0.1, -0.05) is 120 Å². The van der Waals surface area contributed by atoms with Gasteiger partial charge in [0.1, 0.15) is 0 Å². The number of carbonyl (C=O) groups excluding carboxylic acids is 2. The van der Waals surface area contributed by atoms with Gasteiger partial charge in [-0.3, -0.25) is 9.59 Å². The molecule has 2 amide bonds. The Hall–Kier alpha value is -5.16. The second kappa shape index (κ2) is 11.7. The van der Waals surface area contributed by atoms with Gasteiger partial charge in [0.05, 0.1) is 26.8 Å². The minimum absolute atomic E-state index is 0.239. The first-order valence-electron chi connectivity index (χ1n) is 14.5. The molecule has 218 valence electrons. The van der Waals surface area contributed by atoms with Crippen molar-refractivity contribution in [1.29, 1.82) is 0 Å². The van der Waals surface area contributed by atoms with Gasteiger partial charge in [-0.05, 0) is 81.9 Å². The molecule has 0 saturated carbocycles. The lowest BCUT2D eigenvalue weighted by Crippen LogP contribution is -2.29. The molecule has 0 radical (unpaired) electrons. The van der Waals surface area contributed by atoms with Crippen LogP contribution < -0.4 is 10.6 Å². The van der Waals surface area contributed by atoms with Crippen molar-refractivity contribution in [2.24, 2.45) is 0 Å². The molecule has 0 atom stereocenters. The molecule has 6 heteroatoms. The second-order valence-electron chi connectivity index (χ2n) is 10.9. The summed E-state index contributed by atoms with van der Waals surface area (Å²) >= 11 is 13.9. The van der Waals surface area contributed by atoms with E-state index in [9.17, 15) is 9.59 Å². The molecule has 0 fully saturated rings. The second-order valence-corrected chi connectivity index (χ2v) is 11.7. The zero-order chi connectivity index (χ0) is 31.0. The van der Waals surface area contributed by atoms with Crippen LogP contribution in [0.2, 0.25) is 10.0 Å². The average molecular weight is 626 g/mol. The lowest BCUT2D eigenvalue weighted by molar-refractivity contribution is 0.101. The highest BCUT2D eigenvalue weighted by atomic mass is 35.5. The standard InChI is InChI=1S/C39H26Cl2N2O2/c40-33-23-27(19-21-35(33)42-37(44)25-11-3-1-4-12-25)39(31-17-9-7-15-29(31)30-16-8-10-18-32(30)39)28-20-22-36(34(41)24-28)43-38(45)26-13-5-2-6-14-26/h1-24H,(H,42,44)(H,43,45). The highest BCUT2D eigenvalue weighted by molar-refractivity contribution is 6.34. The molecule has 4 nitrogen and oxygen atoms in total. The summed E-state index contributed by atoms with van der Waals surface area (Å²) in [7, 11) is 0. The normalized spacial score (nSPS) is 12.6. The molecule has 6 aromatic carbocycles. The number of hydrogen-bond acceptors (Lipinski definition) is 2. The van der Waals surface area contributed by atoms with Crippen molar-refractivity contribution >= 4 is 46.4 Å². The van der Waals surface area contributed by atoms with Crippen molar-refractivity contribution in [3.63, 3.8) is 0 Å². The van der Waals surface area contributed by atoms with Crippen LogP contribution in [0, 0.1) is 0 Å². The van der Waals surface area contributed by atoms with Crippen LogP contribution in [0.25, 0.3) is 11.1 Å². The van der Waals surface area contributed by atoms with Crippen molar-refractivity contribution in [2.45, 2.75) is 5.41 Å². The quantitative estimate of drug-likeness (QED) is 0.193. The Kier molecular flexibility index (Phi) is 7.46. The maximum Gasteiger partial charge on any atom is 0.255 e. The van der Waals surface area contributed by atoms with Gasteiger partial charge in [-0.15, -0.1) is 0 Å². The first-order chi connectivity index (χ1) is 22.0. The predicted molar refractivity (Wildman–Crippen MR) is 183 cm³/mol. The number of hydrogen-bond donors (Lipinski definition) is 2. The molecule has 0 heterocycles. The van der Waals surface area contributed by atoms with Gasteiger partial charge >= 0.3 is 0 Å². The number of anilines is 2. The maximum absolute atomic E-state index is 12.9. The van der Waals surface area contributed by atoms with Crippen LogP contribution in [0.3, 0.4) is 0 Å². The SMILES string of the molecule is O=C(Nc1ccc(C2(c3ccc(NC(=O)c4ccccc4)c(Cl)c3)c3ccccc3-c3ccccc32)cc1Cl)c1ccccc1. The van der Waals surface area contributed by atoms with Crippen LogP contribution in [0.1, 0.15) is 43.0 Å². The number of carbonyl (C=O) groups is 2. The summed E-state index contributed by atoms with van der Waals surface area (Å²) in [6, 6.07) is 46.2. The molecule has 0 aliphatic heterocycles. The fourth-order valence-electron chi connectivity index (χ4n) is 6.29. The summed E-state index contributed by atoms with van der Waals surface area (Å²) in [5.74, 6) is -0.479. The van der Waals surface area contributed by atoms with Gasteiger partial charge in [0.15, 0.2) is 0 Å². The van der Waals surface area contributed by atoms with Crippen LogP contribution in [0.4, 0.5) is 11.4 Å². The fraction of sp³-hybridized carbons (Fsp3) is 0.0256. The van der Waals surface area contributed by atoms with Crippen molar-refractivity contribution < 1.29 is 9.59 Å². The average Bonchev–Trinajstić information content (AvgIpc) is 3.38. The van der Waals surface area contributed by atoms with Gasteiger partial charge in [-0.2, -0.15) is 0 Å². The Morgan fingerprint density at radius 3 is 1.24 bits per heavy atom. The first kappa shape index (κ1) is 28.6. The summed E-state index contributed by atoms with van der Waals surface area (Å²) in [5.41, 5.74) is 7.57. The van der Waals surface area contributed by atoms with E-state index in [1.54, 1.807) is 24.3 Å². The summed E-state index contributed by atoms with van der Waals surface area (Å²) in [4.78, 5) is 25.9. The Balaban J connectivity index is 1.36. The number of nitrogens with one attached hydrogen (secondary N) is 2. The van der Waals surface area contributed by atoms with Crippen LogP contribution in [-0.2, 0) is 5.41 Å². The molecule has 1 aliphatic carbocycles. The van der Waals surface area contributed by atoms with E-state index >= 15 is 0 Å². The van der Waals surface area contributed by atoms with E-state index in [4.69, 9.17) is 23.2 Å². The summed E-state index contributed by atoms with van der Waals surface area (Å²) < 4.78 is 0. The van der Waals surface area contributed by atoms with E-state index in [1.165, 1.54) is 0 Å². The molecular weight excluding hydrogens is 599 g/mol. The number of benzene rings is 6. The molecule has 0 bridgehead atoms. The van der Waals surface area contributed by atoms with Crippen LogP contribution in [-0.4, -0.2) is 11.8 Å². The highest BCUT2D eigenvalue weighted by Crippen LogP contribution is 2.57. The summed E-state index contributed by atoms with van der Waals surface area (Å²) in [6.07, 6.45) is 0. The minimum Gasteiger partial charge on any atom is -0.321 e. The monoisotopic (exact) mass is 624 g/mol. The number of amides is 2. The molecule has 0 aromatic heterocycles. The van der Waals surface area contributed by atoms with E-state index in [0.717, 1.165) is 33.4 Å². The molecular formula is C39H26Cl2N2O2. The van der Waals surface area contributed by atoms with Gasteiger partial charge in [0, 0.05) is 11.1 Å². The van der Waals surface area contributed by atoms with Crippen LogP contribution in [0.5, 0.6) is 0 Å². The minimum atomic E-state index is -0.773. The van der Waals surface area contributed by atoms with Gasteiger partial charge < -0.3 is 10.6 Å². The largest absolute Gasteiger partial charge is 0.321 e. The Morgan fingerprint density at radius 2 is 0.844 bits per heavy atom. The third-order valence-electron chi connectivity index (χ3n) is 8.32. The number of fused-ring (bicyclic) bond motifs is 3. The fourth-order valence-corrected chi connectivity index (χ4v) is 6.75. The van der Waals surface area contributed by atoms with Crippen molar-refractivity contribution in [2.75, 3.05) is 10.6 Å². The zero-order valence-corrected chi connectivity index (χ0v) is 25.4. The molecule has 7 rings (SSSR count). The third-order valence-corrected chi connectivity index (χ3v) is 8.95. The van der Waals surface area contributed by atoms with Crippen molar-refractivity contribution in [3.8, 4) is 11.1 Å².